The quantitative estimate of drug-likeness (QED) is 0.857. The van der Waals surface area contributed by atoms with Gasteiger partial charge < -0.3 is 15.2 Å². The van der Waals surface area contributed by atoms with Gasteiger partial charge in [0, 0.05) is 25.4 Å². The van der Waals surface area contributed by atoms with Crippen LogP contribution in [0.15, 0.2) is 53.5 Å². The summed E-state index contributed by atoms with van der Waals surface area (Å²) in [6.45, 7) is 1.83. The van der Waals surface area contributed by atoms with E-state index in [1.54, 1.807) is 22.9 Å². The number of carbonyl (C=O) groups excluding carboxylic acids is 1. The van der Waals surface area contributed by atoms with Crippen LogP contribution in [0.25, 0.3) is 0 Å². The Morgan fingerprint density at radius 3 is 2.46 bits per heavy atom. The Hall–Kier alpha value is -2.56. The van der Waals surface area contributed by atoms with Crippen LogP contribution in [-0.4, -0.2) is 17.1 Å². The standard InChI is InChI=1S/C19H23N3O2/c23-18-6-1-2-11-22(18)14-17-9-7-16(8-10-17)13-21-19(24)20-12-15-4-3-5-15/h1-2,6-11,15H,3-5,12-14H2,(H2,20,21,24). The molecule has 1 aromatic heterocycles. The van der Waals surface area contributed by atoms with Gasteiger partial charge in [-0.15, -0.1) is 0 Å². The van der Waals surface area contributed by atoms with Gasteiger partial charge in [0.2, 0.25) is 0 Å². The molecular formula is C19H23N3O2. The average Bonchev–Trinajstić information content (AvgIpc) is 2.55. The lowest BCUT2D eigenvalue weighted by Crippen LogP contribution is -2.39. The number of nitrogens with zero attached hydrogens (tertiary/aromatic N) is 1. The first kappa shape index (κ1) is 16.3. The molecule has 0 unspecified atom stereocenters. The van der Waals surface area contributed by atoms with Gasteiger partial charge in [0.25, 0.3) is 5.56 Å². The monoisotopic (exact) mass is 325 g/mol. The highest BCUT2D eigenvalue weighted by Crippen LogP contribution is 2.24. The van der Waals surface area contributed by atoms with Crippen LogP contribution in [0.2, 0.25) is 0 Å². The fraction of sp³-hybridized carbons (Fsp3) is 0.368. The van der Waals surface area contributed by atoms with E-state index >= 15 is 0 Å². The van der Waals surface area contributed by atoms with E-state index in [-0.39, 0.29) is 11.6 Å². The van der Waals surface area contributed by atoms with E-state index in [4.69, 9.17) is 0 Å². The van der Waals surface area contributed by atoms with Crippen molar-refractivity contribution in [1.82, 2.24) is 15.2 Å². The maximum Gasteiger partial charge on any atom is 0.315 e. The van der Waals surface area contributed by atoms with Crippen LogP contribution < -0.4 is 16.2 Å². The van der Waals surface area contributed by atoms with E-state index in [0.717, 1.165) is 17.7 Å². The predicted molar refractivity (Wildman–Crippen MR) is 93.8 cm³/mol. The summed E-state index contributed by atoms with van der Waals surface area (Å²) >= 11 is 0. The van der Waals surface area contributed by atoms with Gasteiger partial charge in [0.1, 0.15) is 0 Å². The molecule has 1 aliphatic rings. The molecule has 3 rings (SSSR count). The van der Waals surface area contributed by atoms with Gasteiger partial charge in [-0.1, -0.05) is 36.8 Å². The molecule has 0 bridgehead atoms. The molecule has 2 amide bonds. The highest BCUT2D eigenvalue weighted by molar-refractivity contribution is 5.73. The van der Waals surface area contributed by atoms with Crippen molar-refractivity contribution >= 4 is 6.03 Å². The number of amides is 2. The fourth-order valence-corrected chi connectivity index (χ4v) is 2.73. The SMILES string of the molecule is O=C(NCc1ccc(Cn2ccccc2=O)cc1)NCC1CCC1. The summed E-state index contributed by atoms with van der Waals surface area (Å²) in [4.78, 5) is 23.5. The lowest BCUT2D eigenvalue weighted by Gasteiger charge is -2.25. The molecule has 1 aromatic carbocycles. The van der Waals surface area contributed by atoms with E-state index in [0.29, 0.717) is 19.0 Å². The van der Waals surface area contributed by atoms with E-state index in [1.807, 2.05) is 30.3 Å². The van der Waals surface area contributed by atoms with Crippen molar-refractivity contribution in [2.45, 2.75) is 32.4 Å². The first-order valence-corrected chi connectivity index (χ1v) is 8.46. The highest BCUT2D eigenvalue weighted by atomic mass is 16.2. The van der Waals surface area contributed by atoms with Crippen molar-refractivity contribution in [1.29, 1.82) is 0 Å². The van der Waals surface area contributed by atoms with E-state index in [1.165, 1.54) is 19.3 Å². The number of urea groups is 1. The van der Waals surface area contributed by atoms with Crippen LogP contribution in [0.5, 0.6) is 0 Å². The molecule has 1 heterocycles. The summed E-state index contributed by atoms with van der Waals surface area (Å²) in [5, 5.41) is 5.79. The number of benzene rings is 1. The minimum absolute atomic E-state index is 0.00798. The second-order valence-corrected chi connectivity index (χ2v) is 6.34. The number of aromatic nitrogens is 1. The normalized spacial score (nSPS) is 14.0. The van der Waals surface area contributed by atoms with Gasteiger partial charge in [-0.25, -0.2) is 4.79 Å². The van der Waals surface area contributed by atoms with Crippen molar-refractivity contribution in [3.8, 4) is 0 Å². The molecule has 5 nitrogen and oxygen atoms in total. The summed E-state index contributed by atoms with van der Waals surface area (Å²) in [7, 11) is 0. The van der Waals surface area contributed by atoms with Crippen LogP contribution in [0.4, 0.5) is 4.79 Å². The Balaban J connectivity index is 1.46. The Kier molecular flexibility index (Phi) is 5.31. The number of hydrogen-bond acceptors (Lipinski definition) is 2. The molecule has 2 aromatic rings. The minimum Gasteiger partial charge on any atom is -0.338 e. The molecular weight excluding hydrogens is 302 g/mol. The Morgan fingerprint density at radius 2 is 1.79 bits per heavy atom. The van der Waals surface area contributed by atoms with Crippen LogP contribution in [0.3, 0.4) is 0 Å². The van der Waals surface area contributed by atoms with Crippen LogP contribution in [-0.2, 0) is 13.1 Å². The zero-order valence-corrected chi connectivity index (χ0v) is 13.7. The summed E-state index contributed by atoms with van der Waals surface area (Å²) in [6.07, 6.45) is 5.53. The molecule has 0 spiro atoms. The lowest BCUT2D eigenvalue weighted by atomic mass is 9.85. The first-order chi connectivity index (χ1) is 11.7. The van der Waals surface area contributed by atoms with Crippen LogP contribution in [0, 0.1) is 5.92 Å². The number of nitrogens with one attached hydrogen (secondary N) is 2. The van der Waals surface area contributed by atoms with Gasteiger partial charge in [-0.3, -0.25) is 4.79 Å². The molecule has 0 atom stereocenters. The second kappa shape index (κ2) is 7.81. The Morgan fingerprint density at radius 1 is 1.04 bits per heavy atom. The molecule has 5 heteroatoms. The van der Waals surface area contributed by atoms with Gasteiger partial charge in [-0.2, -0.15) is 0 Å². The summed E-state index contributed by atoms with van der Waals surface area (Å²) in [5.41, 5.74) is 2.09. The maximum atomic E-state index is 11.7. The number of hydrogen-bond donors (Lipinski definition) is 2. The highest BCUT2D eigenvalue weighted by Gasteiger charge is 2.17. The Labute approximate surface area is 141 Å². The topological polar surface area (TPSA) is 63.1 Å². The zero-order chi connectivity index (χ0) is 16.8. The van der Waals surface area contributed by atoms with Gasteiger partial charge >= 0.3 is 6.03 Å². The molecule has 0 radical (unpaired) electrons. The molecule has 1 aliphatic carbocycles. The van der Waals surface area contributed by atoms with E-state index < -0.39 is 0 Å². The third kappa shape index (κ3) is 4.47. The van der Waals surface area contributed by atoms with Gasteiger partial charge in [-0.05, 0) is 36.0 Å². The number of pyridine rings is 1. The van der Waals surface area contributed by atoms with Gasteiger partial charge in [0.05, 0.1) is 6.54 Å². The number of carbonyl (C=O) groups is 1. The molecule has 1 saturated carbocycles. The van der Waals surface area contributed by atoms with Crippen molar-refractivity contribution in [2.24, 2.45) is 5.92 Å². The third-order valence-corrected chi connectivity index (χ3v) is 4.50. The van der Waals surface area contributed by atoms with Crippen molar-refractivity contribution in [3.63, 3.8) is 0 Å². The lowest BCUT2D eigenvalue weighted by molar-refractivity contribution is 0.232. The summed E-state index contributed by atoms with van der Waals surface area (Å²) in [5.74, 6) is 0.663. The van der Waals surface area contributed by atoms with Crippen molar-refractivity contribution in [3.05, 3.63) is 70.1 Å². The molecule has 0 saturated heterocycles. The van der Waals surface area contributed by atoms with E-state index in [9.17, 15) is 9.59 Å². The second-order valence-electron chi connectivity index (χ2n) is 6.34. The number of rotatable bonds is 6. The Bertz CT molecular complexity index is 733. The maximum absolute atomic E-state index is 11.7. The van der Waals surface area contributed by atoms with Crippen LogP contribution in [0.1, 0.15) is 30.4 Å². The predicted octanol–water partition coefficient (Wildman–Crippen LogP) is 2.50. The largest absolute Gasteiger partial charge is 0.338 e. The van der Waals surface area contributed by atoms with E-state index in [2.05, 4.69) is 10.6 Å². The van der Waals surface area contributed by atoms with Crippen molar-refractivity contribution < 1.29 is 4.79 Å². The van der Waals surface area contributed by atoms with Gasteiger partial charge in [0.15, 0.2) is 0 Å². The summed E-state index contributed by atoms with van der Waals surface area (Å²) in [6, 6.07) is 13.0. The minimum atomic E-state index is -0.109. The molecule has 126 valence electrons. The molecule has 0 aliphatic heterocycles. The molecule has 1 fully saturated rings. The van der Waals surface area contributed by atoms with Crippen molar-refractivity contribution in [2.75, 3.05) is 6.54 Å². The average molecular weight is 325 g/mol. The zero-order valence-electron chi connectivity index (χ0n) is 13.7. The third-order valence-electron chi connectivity index (χ3n) is 4.50. The molecule has 2 N–H and O–H groups in total. The smallest absolute Gasteiger partial charge is 0.315 e. The summed E-state index contributed by atoms with van der Waals surface area (Å²) < 4.78 is 1.67. The van der Waals surface area contributed by atoms with Crippen LogP contribution >= 0.6 is 0 Å². The fourth-order valence-electron chi connectivity index (χ4n) is 2.73. The molecule has 24 heavy (non-hydrogen) atoms. The first-order valence-electron chi connectivity index (χ1n) is 8.46.